The summed E-state index contributed by atoms with van der Waals surface area (Å²) < 4.78 is 5.58. The van der Waals surface area contributed by atoms with E-state index in [2.05, 4.69) is 97.9 Å². The van der Waals surface area contributed by atoms with E-state index in [1.807, 2.05) is 22.7 Å². The van der Waals surface area contributed by atoms with Gasteiger partial charge in [-0.2, -0.15) is 0 Å². The Kier molecular flexibility index (Phi) is 3.83. The summed E-state index contributed by atoms with van der Waals surface area (Å²) in [5.41, 5.74) is 6.44. The summed E-state index contributed by atoms with van der Waals surface area (Å²) in [6.45, 7) is 2.13. The lowest BCUT2D eigenvalue weighted by molar-refractivity contribution is 1.47. The van der Waals surface area contributed by atoms with E-state index in [1.54, 1.807) is 0 Å². The average molecular weight is 407 g/mol. The highest BCUT2D eigenvalue weighted by atomic mass is 32.1. The van der Waals surface area contributed by atoms with Gasteiger partial charge in [0.2, 0.25) is 0 Å². The molecule has 0 spiro atoms. The van der Waals surface area contributed by atoms with Crippen molar-refractivity contribution < 1.29 is 0 Å². The largest absolute Gasteiger partial charge is 0.134 e. The van der Waals surface area contributed by atoms with E-state index in [0.717, 1.165) is 0 Å². The topological polar surface area (TPSA) is 0 Å². The van der Waals surface area contributed by atoms with E-state index in [4.69, 9.17) is 0 Å². The van der Waals surface area contributed by atoms with Crippen LogP contribution in [-0.2, 0) is 0 Å². The van der Waals surface area contributed by atoms with Crippen LogP contribution in [-0.4, -0.2) is 0 Å². The molecule has 138 valence electrons. The maximum Gasteiger partial charge on any atom is 0.0542 e. The van der Waals surface area contributed by atoms with Gasteiger partial charge >= 0.3 is 0 Å². The van der Waals surface area contributed by atoms with E-state index in [1.165, 1.54) is 57.4 Å². The maximum atomic E-state index is 2.35. The Morgan fingerprint density at radius 1 is 0.483 bits per heavy atom. The third-order valence-electron chi connectivity index (χ3n) is 5.57. The first-order chi connectivity index (χ1) is 14.3. The van der Waals surface area contributed by atoms with Crippen molar-refractivity contribution >= 4 is 52.2 Å². The van der Waals surface area contributed by atoms with Crippen LogP contribution in [0.5, 0.6) is 0 Å². The lowest BCUT2D eigenvalue weighted by Gasteiger charge is -2.03. The second-order valence-electron chi connectivity index (χ2n) is 7.52. The molecular formula is C27H18S2. The van der Waals surface area contributed by atoms with Gasteiger partial charge < -0.3 is 0 Å². The summed E-state index contributed by atoms with van der Waals surface area (Å²) >= 11 is 3.84. The van der Waals surface area contributed by atoms with Gasteiger partial charge in [-0.15, -0.1) is 22.7 Å². The summed E-state index contributed by atoms with van der Waals surface area (Å²) in [6, 6.07) is 33.2. The fourth-order valence-corrected chi connectivity index (χ4v) is 6.72. The molecule has 0 N–H and O–H groups in total. The number of thiophene rings is 2. The lowest BCUT2D eigenvalue weighted by atomic mass is 10.0. The van der Waals surface area contributed by atoms with Crippen LogP contribution in [0.2, 0.25) is 0 Å². The molecule has 0 saturated carbocycles. The SMILES string of the molecule is Cc1ccc(-c2ccc3c(c2)sc2c4ccc(-c5ccccc5)cc4sc32)cc1. The quantitative estimate of drug-likeness (QED) is 0.269. The number of hydrogen-bond donors (Lipinski definition) is 0. The minimum Gasteiger partial charge on any atom is -0.134 e. The van der Waals surface area contributed by atoms with Gasteiger partial charge in [0.25, 0.3) is 0 Å². The van der Waals surface area contributed by atoms with Crippen molar-refractivity contribution in [2.75, 3.05) is 0 Å². The zero-order valence-corrected chi connectivity index (χ0v) is 17.6. The summed E-state index contributed by atoms with van der Waals surface area (Å²) in [6.07, 6.45) is 0. The first-order valence-corrected chi connectivity index (χ1v) is 11.4. The third kappa shape index (κ3) is 2.79. The number of hydrogen-bond acceptors (Lipinski definition) is 2. The Hall–Kier alpha value is -2.94. The van der Waals surface area contributed by atoms with Crippen LogP contribution in [0, 0.1) is 6.92 Å². The smallest absolute Gasteiger partial charge is 0.0542 e. The van der Waals surface area contributed by atoms with Gasteiger partial charge in [-0.25, -0.2) is 0 Å². The molecule has 6 rings (SSSR count). The lowest BCUT2D eigenvalue weighted by Crippen LogP contribution is -1.77. The van der Waals surface area contributed by atoms with Crippen LogP contribution < -0.4 is 0 Å². The van der Waals surface area contributed by atoms with E-state index in [9.17, 15) is 0 Å². The van der Waals surface area contributed by atoms with Crippen molar-refractivity contribution in [3.63, 3.8) is 0 Å². The maximum absolute atomic E-state index is 2.35. The Balaban J connectivity index is 1.51. The molecule has 0 saturated heterocycles. The predicted molar refractivity (Wildman–Crippen MR) is 130 cm³/mol. The van der Waals surface area contributed by atoms with Gasteiger partial charge in [-0.1, -0.05) is 84.4 Å². The van der Waals surface area contributed by atoms with Crippen molar-refractivity contribution in [3.05, 3.63) is 96.6 Å². The molecule has 0 radical (unpaired) electrons. The van der Waals surface area contributed by atoms with Crippen LogP contribution >= 0.6 is 22.7 Å². The normalized spacial score (nSPS) is 11.6. The van der Waals surface area contributed by atoms with Gasteiger partial charge in [0, 0.05) is 20.2 Å². The molecule has 2 heterocycles. The molecule has 0 atom stereocenters. The minimum absolute atomic E-state index is 1.28. The molecule has 0 aliphatic rings. The zero-order chi connectivity index (χ0) is 19.4. The van der Waals surface area contributed by atoms with Crippen molar-refractivity contribution in [2.45, 2.75) is 6.92 Å². The van der Waals surface area contributed by atoms with Crippen LogP contribution in [0.3, 0.4) is 0 Å². The van der Waals surface area contributed by atoms with Gasteiger partial charge in [0.1, 0.15) is 0 Å². The molecule has 4 aromatic carbocycles. The summed E-state index contributed by atoms with van der Waals surface area (Å²) in [4.78, 5) is 0. The molecule has 0 fully saturated rings. The number of aryl methyl sites for hydroxylation is 1. The summed E-state index contributed by atoms with van der Waals surface area (Å²) in [7, 11) is 0. The molecule has 2 heteroatoms. The Morgan fingerprint density at radius 3 is 1.52 bits per heavy atom. The first kappa shape index (κ1) is 17.0. The fraction of sp³-hybridized carbons (Fsp3) is 0.0370. The Labute approximate surface area is 177 Å². The van der Waals surface area contributed by atoms with Crippen LogP contribution in [0.15, 0.2) is 91.0 Å². The highest BCUT2D eigenvalue weighted by molar-refractivity contribution is 7.36. The second-order valence-corrected chi connectivity index (χ2v) is 9.62. The molecule has 0 nitrogen and oxygen atoms in total. The monoisotopic (exact) mass is 406 g/mol. The number of rotatable bonds is 2. The highest BCUT2D eigenvalue weighted by Crippen LogP contribution is 2.45. The van der Waals surface area contributed by atoms with Gasteiger partial charge in [-0.3, -0.25) is 0 Å². The molecule has 6 aromatic rings. The van der Waals surface area contributed by atoms with E-state index in [0.29, 0.717) is 0 Å². The molecule has 0 aliphatic carbocycles. The molecule has 0 unspecified atom stereocenters. The van der Waals surface area contributed by atoms with Crippen molar-refractivity contribution in [1.82, 2.24) is 0 Å². The number of benzene rings is 4. The average Bonchev–Trinajstić information content (AvgIpc) is 3.30. The van der Waals surface area contributed by atoms with Crippen molar-refractivity contribution in [2.24, 2.45) is 0 Å². The second kappa shape index (κ2) is 6.55. The molecule has 0 bridgehead atoms. The van der Waals surface area contributed by atoms with Crippen LogP contribution in [0.1, 0.15) is 5.56 Å². The third-order valence-corrected chi connectivity index (χ3v) is 8.08. The molecule has 2 aromatic heterocycles. The van der Waals surface area contributed by atoms with Gasteiger partial charge in [-0.05, 0) is 41.3 Å². The Bertz CT molecular complexity index is 1480. The standard InChI is InChI=1S/C27H18S2/c1-17-7-9-19(10-8-17)21-12-14-23-25(16-21)29-26-22-13-11-20(15-24(22)28-27(23)26)18-5-3-2-4-6-18/h2-16H,1H3. The minimum atomic E-state index is 1.28. The van der Waals surface area contributed by atoms with Crippen LogP contribution in [0.4, 0.5) is 0 Å². The van der Waals surface area contributed by atoms with Crippen molar-refractivity contribution in [1.29, 1.82) is 0 Å². The number of fused-ring (bicyclic) bond motifs is 5. The van der Waals surface area contributed by atoms with Gasteiger partial charge in [0.15, 0.2) is 0 Å². The molecular weight excluding hydrogens is 388 g/mol. The first-order valence-electron chi connectivity index (χ1n) is 9.77. The van der Waals surface area contributed by atoms with E-state index >= 15 is 0 Å². The molecule has 0 amide bonds. The van der Waals surface area contributed by atoms with Gasteiger partial charge in [0.05, 0.1) is 9.40 Å². The zero-order valence-electron chi connectivity index (χ0n) is 16.0. The Morgan fingerprint density at radius 2 is 0.966 bits per heavy atom. The van der Waals surface area contributed by atoms with Crippen LogP contribution in [0.25, 0.3) is 51.8 Å². The van der Waals surface area contributed by atoms with E-state index < -0.39 is 0 Å². The van der Waals surface area contributed by atoms with E-state index in [-0.39, 0.29) is 0 Å². The predicted octanol–water partition coefficient (Wildman–Crippen LogP) is 8.91. The summed E-state index contributed by atoms with van der Waals surface area (Å²) in [5, 5.41) is 2.76. The molecule has 0 aliphatic heterocycles. The molecule has 29 heavy (non-hydrogen) atoms. The fourth-order valence-electron chi connectivity index (χ4n) is 3.99. The van der Waals surface area contributed by atoms with Crippen molar-refractivity contribution in [3.8, 4) is 22.3 Å². The highest BCUT2D eigenvalue weighted by Gasteiger charge is 2.13. The summed E-state index contributed by atoms with van der Waals surface area (Å²) in [5.74, 6) is 0.